The second-order valence-electron chi connectivity index (χ2n) is 7.32. The van der Waals surface area contributed by atoms with Crippen LogP contribution in [0.15, 0.2) is 30.6 Å². The molecule has 31 heavy (non-hydrogen) atoms. The number of nitrogens with one attached hydrogen (secondary N) is 1. The van der Waals surface area contributed by atoms with E-state index in [9.17, 15) is 18.0 Å². The standard InChI is InChI=1S/C19H17Cl2F3N6O/c1-10(30-15(12-4-5-12)14(21)16(27-30)19(22,23)24)17(31)26-18-25-9-29(28-18)8-11-2-6-13(20)7-3-11/h2-3,6-7,9-10,12H,4-5,8H2,1H3,(H,26,28,31). The Bertz CT molecular complexity index is 1110. The van der Waals surface area contributed by atoms with Gasteiger partial charge in [-0.15, -0.1) is 5.10 Å². The van der Waals surface area contributed by atoms with Crippen LogP contribution in [0, 0.1) is 0 Å². The van der Waals surface area contributed by atoms with E-state index in [0.717, 1.165) is 10.2 Å². The molecule has 2 aromatic heterocycles. The Balaban J connectivity index is 1.49. The molecule has 0 radical (unpaired) electrons. The van der Waals surface area contributed by atoms with Crippen molar-refractivity contribution in [2.24, 2.45) is 0 Å². The molecular weight excluding hydrogens is 456 g/mol. The minimum absolute atomic E-state index is 0.0353. The highest BCUT2D eigenvalue weighted by Crippen LogP contribution is 2.47. The lowest BCUT2D eigenvalue weighted by molar-refractivity contribution is -0.141. The minimum Gasteiger partial charge on any atom is -0.291 e. The average molecular weight is 473 g/mol. The maximum absolute atomic E-state index is 13.3. The molecular formula is C19H17Cl2F3N6O. The zero-order valence-corrected chi connectivity index (χ0v) is 17.7. The van der Waals surface area contributed by atoms with Crippen LogP contribution in [0.25, 0.3) is 0 Å². The molecule has 12 heteroatoms. The lowest BCUT2D eigenvalue weighted by Gasteiger charge is -2.14. The number of nitrogens with zero attached hydrogens (tertiary/aromatic N) is 5. The molecule has 1 fully saturated rings. The summed E-state index contributed by atoms with van der Waals surface area (Å²) in [6.07, 6.45) is -1.86. The third-order valence-corrected chi connectivity index (χ3v) is 5.52. The first kappa shape index (κ1) is 21.6. The lowest BCUT2D eigenvalue weighted by Crippen LogP contribution is -2.26. The van der Waals surface area contributed by atoms with Gasteiger partial charge in [-0.2, -0.15) is 18.3 Å². The van der Waals surface area contributed by atoms with Gasteiger partial charge in [0.2, 0.25) is 5.95 Å². The number of anilines is 1. The molecule has 1 aromatic carbocycles. The average Bonchev–Trinajstić information content (AvgIpc) is 3.34. The second-order valence-corrected chi connectivity index (χ2v) is 8.14. The first-order valence-electron chi connectivity index (χ1n) is 9.43. The Hall–Kier alpha value is -2.59. The highest BCUT2D eigenvalue weighted by molar-refractivity contribution is 6.32. The van der Waals surface area contributed by atoms with Gasteiger partial charge in [0.25, 0.3) is 5.91 Å². The van der Waals surface area contributed by atoms with E-state index in [2.05, 4.69) is 20.5 Å². The normalized spacial score (nSPS) is 15.2. The summed E-state index contributed by atoms with van der Waals surface area (Å²) in [6.45, 7) is 1.86. The quantitative estimate of drug-likeness (QED) is 0.551. The van der Waals surface area contributed by atoms with Crippen molar-refractivity contribution in [3.63, 3.8) is 0 Å². The van der Waals surface area contributed by atoms with Gasteiger partial charge in [-0.25, -0.2) is 9.67 Å². The Morgan fingerprint density at radius 3 is 2.52 bits per heavy atom. The fourth-order valence-corrected chi connectivity index (χ4v) is 3.67. The van der Waals surface area contributed by atoms with Crippen LogP contribution in [0.4, 0.5) is 19.1 Å². The van der Waals surface area contributed by atoms with Crippen molar-refractivity contribution in [3.05, 3.63) is 57.6 Å². The largest absolute Gasteiger partial charge is 0.436 e. The first-order valence-corrected chi connectivity index (χ1v) is 10.2. The maximum Gasteiger partial charge on any atom is 0.436 e. The number of carbonyl (C=O) groups excluding carboxylic acids is 1. The van der Waals surface area contributed by atoms with Crippen LogP contribution in [0.5, 0.6) is 0 Å². The number of amides is 1. The number of alkyl halides is 3. The van der Waals surface area contributed by atoms with Crippen LogP contribution in [0.2, 0.25) is 10.0 Å². The van der Waals surface area contributed by atoms with E-state index in [1.54, 1.807) is 12.1 Å². The van der Waals surface area contributed by atoms with Crippen LogP contribution in [-0.2, 0) is 17.5 Å². The Labute approximate surface area is 185 Å². The number of carbonyl (C=O) groups is 1. The Morgan fingerprint density at radius 1 is 1.23 bits per heavy atom. The molecule has 1 saturated carbocycles. The third-order valence-electron chi connectivity index (χ3n) is 4.90. The monoisotopic (exact) mass is 472 g/mol. The molecule has 1 atom stereocenters. The maximum atomic E-state index is 13.3. The molecule has 1 aliphatic carbocycles. The van der Waals surface area contributed by atoms with Crippen molar-refractivity contribution in [1.82, 2.24) is 24.5 Å². The summed E-state index contributed by atoms with van der Waals surface area (Å²) in [4.78, 5) is 16.7. The predicted molar refractivity (Wildman–Crippen MR) is 108 cm³/mol. The van der Waals surface area contributed by atoms with E-state index < -0.39 is 28.8 Å². The molecule has 0 spiro atoms. The summed E-state index contributed by atoms with van der Waals surface area (Å²) >= 11 is 11.8. The third kappa shape index (κ3) is 4.69. The van der Waals surface area contributed by atoms with Crippen molar-refractivity contribution in [3.8, 4) is 0 Å². The molecule has 0 saturated heterocycles. The molecule has 0 aliphatic heterocycles. The molecule has 2 heterocycles. The van der Waals surface area contributed by atoms with E-state index in [1.807, 2.05) is 12.1 Å². The molecule has 1 amide bonds. The van der Waals surface area contributed by atoms with Gasteiger partial charge in [-0.05, 0) is 37.5 Å². The van der Waals surface area contributed by atoms with Crippen molar-refractivity contribution in [2.45, 2.75) is 44.4 Å². The van der Waals surface area contributed by atoms with E-state index >= 15 is 0 Å². The Kier molecular flexibility index (Phi) is 5.69. The van der Waals surface area contributed by atoms with Crippen LogP contribution >= 0.6 is 23.2 Å². The van der Waals surface area contributed by atoms with Crippen molar-refractivity contribution < 1.29 is 18.0 Å². The molecule has 1 aliphatic rings. The molecule has 3 aromatic rings. The summed E-state index contributed by atoms with van der Waals surface area (Å²) in [5.41, 5.74) is -0.0144. The van der Waals surface area contributed by atoms with Crippen molar-refractivity contribution >= 4 is 35.1 Å². The molecule has 1 unspecified atom stereocenters. The zero-order chi connectivity index (χ0) is 22.3. The van der Waals surface area contributed by atoms with Gasteiger partial charge in [0.1, 0.15) is 12.4 Å². The van der Waals surface area contributed by atoms with Crippen molar-refractivity contribution in [2.75, 3.05) is 5.32 Å². The smallest absolute Gasteiger partial charge is 0.291 e. The van der Waals surface area contributed by atoms with Gasteiger partial charge >= 0.3 is 6.18 Å². The highest BCUT2D eigenvalue weighted by Gasteiger charge is 2.43. The van der Waals surface area contributed by atoms with Crippen LogP contribution < -0.4 is 5.32 Å². The minimum atomic E-state index is -4.70. The number of benzene rings is 1. The lowest BCUT2D eigenvalue weighted by atomic mass is 10.2. The fraction of sp³-hybridized carbons (Fsp3) is 0.368. The van der Waals surface area contributed by atoms with Crippen LogP contribution in [-0.4, -0.2) is 30.5 Å². The number of hydrogen-bond acceptors (Lipinski definition) is 4. The Morgan fingerprint density at radius 2 is 1.90 bits per heavy atom. The summed E-state index contributed by atoms with van der Waals surface area (Å²) in [5, 5.41) is 10.5. The molecule has 0 bridgehead atoms. The molecule has 164 valence electrons. The number of hydrogen-bond donors (Lipinski definition) is 1. The summed E-state index contributed by atoms with van der Waals surface area (Å²) in [6, 6.07) is 6.14. The van der Waals surface area contributed by atoms with Gasteiger partial charge in [0.05, 0.1) is 17.3 Å². The summed E-state index contributed by atoms with van der Waals surface area (Å²) < 4.78 is 42.3. The first-order chi connectivity index (χ1) is 14.6. The number of rotatable bonds is 6. The van der Waals surface area contributed by atoms with Gasteiger partial charge < -0.3 is 0 Å². The summed E-state index contributed by atoms with van der Waals surface area (Å²) in [7, 11) is 0. The highest BCUT2D eigenvalue weighted by atomic mass is 35.5. The van der Waals surface area contributed by atoms with Gasteiger partial charge in [0.15, 0.2) is 5.69 Å². The van der Waals surface area contributed by atoms with Crippen LogP contribution in [0.1, 0.15) is 48.7 Å². The number of aromatic nitrogens is 5. The van der Waals surface area contributed by atoms with Crippen LogP contribution in [0.3, 0.4) is 0 Å². The molecule has 7 nitrogen and oxygen atoms in total. The molecule has 1 N–H and O–H groups in total. The molecule has 4 rings (SSSR count). The van der Waals surface area contributed by atoms with E-state index in [4.69, 9.17) is 23.2 Å². The van der Waals surface area contributed by atoms with E-state index in [0.29, 0.717) is 24.4 Å². The SMILES string of the molecule is CC(C(=O)Nc1ncn(Cc2ccc(Cl)cc2)n1)n1nc(C(F)(F)F)c(Cl)c1C1CC1. The predicted octanol–water partition coefficient (Wildman–Crippen LogP) is 4.93. The van der Waals surface area contributed by atoms with E-state index in [-0.39, 0.29) is 17.6 Å². The van der Waals surface area contributed by atoms with Gasteiger partial charge in [-0.1, -0.05) is 35.3 Å². The van der Waals surface area contributed by atoms with Gasteiger partial charge in [-0.3, -0.25) is 14.8 Å². The number of halogens is 5. The van der Waals surface area contributed by atoms with Crippen molar-refractivity contribution in [1.29, 1.82) is 0 Å². The zero-order valence-electron chi connectivity index (χ0n) is 16.2. The van der Waals surface area contributed by atoms with E-state index in [1.165, 1.54) is 17.9 Å². The second kappa shape index (κ2) is 8.16. The topological polar surface area (TPSA) is 77.6 Å². The summed E-state index contributed by atoms with van der Waals surface area (Å²) in [5.74, 6) is -0.699. The van der Waals surface area contributed by atoms with Gasteiger partial charge in [0, 0.05) is 10.9 Å². The fourth-order valence-electron chi connectivity index (χ4n) is 3.16.